The third kappa shape index (κ3) is 4.81. The third-order valence-corrected chi connectivity index (χ3v) is 3.31. The van der Waals surface area contributed by atoms with Crippen LogP contribution >= 0.6 is 0 Å². The number of rotatable bonds is 5. The summed E-state index contributed by atoms with van der Waals surface area (Å²) in [7, 11) is 1.84. The van der Waals surface area contributed by atoms with E-state index in [4.69, 9.17) is 4.74 Å². The molecule has 0 spiro atoms. The molecule has 0 heterocycles. The number of ether oxygens (including phenoxy) is 1. The molecular weight excluding hydrogens is 202 g/mol. The summed E-state index contributed by atoms with van der Waals surface area (Å²) < 4.78 is 5.81. The molecule has 0 bridgehead atoms. The number of hydrogen-bond acceptors (Lipinski definition) is 3. The lowest BCUT2D eigenvalue weighted by molar-refractivity contribution is -0.0547. The van der Waals surface area contributed by atoms with Crippen LogP contribution in [0.2, 0.25) is 0 Å². The Morgan fingerprint density at radius 1 is 1.44 bits per heavy atom. The zero-order chi connectivity index (χ0) is 12.2. The van der Waals surface area contributed by atoms with Crippen LogP contribution in [0, 0.1) is 11.3 Å². The molecule has 3 atom stereocenters. The van der Waals surface area contributed by atoms with Crippen molar-refractivity contribution in [2.75, 3.05) is 20.2 Å². The molecule has 3 unspecified atom stereocenters. The second-order valence-corrected chi connectivity index (χ2v) is 6.08. The van der Waals surface area contributed by atoms with Gasteiger partial charge >= 0.3 is 0 Å². The van der Waals surface area contributed by atoms with E-state index in [2.05, 4.69) is 26.1 Å². The zero-order valence-electron chi connectivity index (χ0n) is 11.1. The normalized spacial score (nSPS) is 31.3. The lowest BCUT2D eigenvalue weighted by atomic mass is 9.71. The minimum atomic E-state index is -0.384. The van der Waals surface area contributed by atoms with Crippen LogP contribution in [0.15, 0.2) is 0 Å². The lowest BCUT2D eigenvalue weighted by Crippen LogP contribution is -2.36. The largest absolute Gasteiger partial charge is 0.389 e. The maximum absolute atomic E-state index is 9.59. The molecular formula is C13H27NO2. The summed E-state index contributed by atoms with van der Waals surface area (Å²) in [6, 6.07) is 0. The van der Waals surface area contributed by atoms with E-state index in [0.717, 1.165) is 18.8 Å². The summed E-state index contributed by atoms with van der Waals surface area (Å²) in [5.74, 6) is 0.732. The molecule has 0 aromatic rings. The number of likely N-dealkylation sites (N-methyl/N-ethyl adjacent to an activating group) is 1. The Balaban J connectivity index is 2.31. The number of nitrogens with one attached hydrogen (secondary N) is 1. The van der Waals surface area contributed by atoms with Gasteiger partial charge in [-0.1, -0.05) is 20.8 Å². The molecule has 0 aliphatic heterocycles. The van der Waals surface area contributed by atoms with E-state index in [-0.39, 0.29) is 6.10 Å². The van der Waals surface area contributed by atoms with Crippen LogP contribution < -0.4 is 5.32 Å². The molecule has 1 saturated carbocycles. The molecule has 3 heteroatoms. The van der Waals surface area contributed by atoms with Gasteiger partial charge in [0.05, 0.1) is 18.8 Å². The average molecular weight is 229 g/mol. The number of aliphatic hydroxyl groups is 1. The van der Waals surface area contributed by atoms with Crippen molar-refractivity contribution >= 4 is 0 Å². The second-order valence-electron chi connectivity index (χ2n) is 6.08. The number of hydrogen-bond donors (Lipinski definition) is 2. The van der Waals surface area contributed by atoms with Gasteiger partial charge in [0.25, 0.3) is 0 Å². The molecule has 0 aromatic carbocycles. The van der Waals surface area contributed by atoms with Crippen LogP contribution in [0.1, 0.15) is 40.0 Å². The highest BCUT2D eigenvalue weighted by molar-refractivity contribution is 4.83. The van der Waals surface area contributed by atoms with Crippen molar-refractivity contribution < 1.29 is 9.84 Å². The standard InChI is InChI=1S/C13H27NO2/c1-10-5-12(7-13(2,3)6-10)16-9-11(15)8-14-4/h10-12,14-15H,5-9H2,1-4H3. The van der Waals surface area contributed by atoms with Gasteiger partial charge in [-0.25, -0.2) is 0 Å². The molecule has 96 valence electrons. The summed E-state index contributed by atoms with van der Waals surface area (Å²) >= 11 is 0. The number of aliphatic hydroxyl groups excluding tert-OH is 1. The highest BCUT2D eigenvalue weighted by atomic mass is 16.5. The predicted octanol–water partition coefficient (Wildman–Crippen LogP) is 1.80. The topological polar surface area (TPSA) is 41.5 Å². The van der Waals surface area contributed by atoms with Crippen LogP contribution in [-0.2, 0) is 4.74 Å². The molecule has 1 rings (SSSR count). The summed E-state index contributed by atoms with van der Waals surface area (Å²) in [6.07, 6.45) is 3.47. The van der Waals surface area contributed by atoms with Gasteiger partial charge in [-0.3, -0.25) is 0 Å². The fourth-order valence-corrected chi connectivity index (χ4v) is 2.93. The van der Waals surface area contributed by atoms with E-state index in [1.807, 2.05) is 7.05 Å². The highest BCUT2D eigenvalue weighted by Crippen LogP contribution is 2.39. The SMILES string of the molecule is CNCC(O)COC1CC(C)CC(C)(C)C1. The van der Waals surface area contributed by atoms with Gasteiger partial charge < -0.3 is 15.2 Å². The van der Waals surface area contributed by atoms with Crippen LogP contribution in [-0.4, -0.2) is 37.5 Å². The fourth-order valence-electron chi connectivity index (χ4n) is 2.93. The van der Waals surface area contributed by atoms with E-state index in [1.54, 1.807) is 0 Å². The van der Waals surface area contributed by atoms with Gasteiger partial charge in [-0.15, -0.1) is 0 Å². The van der Waals surface area contributed by atoms with Gasteiger partial charge in [-0.05, 0) is 37.6 Å². The first-order valence-electron chi connectivity index (χ1n) is 6.37. The smallest absolute Gasteiger partial charge is 0.0897 e. The Bertz CT molecular complexity index is 206. The van der Waals surface area contributed by atoms with Crippen molar-refractivity contribution in [2.24, 2.45) is 11.3 Å². The summed E-state index contributed by atoms with van der Waals surface area (Å²) in [5, 5.41) is 12.5. The first-order valence-corrected chi connectivity index (χ1v) is 6.37. The predicted molar refractivity (Wildman–Crippen MR) is 66.5 cm³/mol. The Hall–Kier alpha value is -0.120. The molecule has 0 saturated heterocycles. The quantitative estimate of drug-likeness (QED) is 0.755. The molecule has 3 nitrogen and oxygen atoms in total. The Morgan fingerprint density at radius 3 is 2.69 bits per heavy atom. The zero-order valence-corrected chi connectivity index (χ0v) is 11.1. The lowest BCUT2D eigenvalue weighted by Gasteiger charge is -2.39. The molecule has 0 amide bonds. The first-order chi connectivity index (χ1) is 7.43. The molecule has 1 fully saturated rings. The molecule has 0 aromatic heterocycles. The summed E-state index contributed by atoms with van der Waals surface area (Å²) in [5.41, 5.74) is 0.385. The minimum Gasteiger partial charge on any atom is -0.389 e. The van der Waals surface area contributed by atoms with Crippen molar-refractivity contribution in [1.82, 2.24) is 5.32 Å². The highest BCUT2D eigenvalue weighted by Gasteiger charge is 2.32. The Morgan fingerprint density at radius 2 is 2.12 bits per heavy atom. The van der Waals surface area contributed by atoms with Crippen molar-refractivity contribution in [2.45, 2.75) is 52.2 Å². The van der Waals surface area contributed by atoms with Crippen molar-refractivity contribution in [3.05, 3.63) is 0 Å². The fraction of sp³-hybridized carbons (Fsp3) is 1.00. The first kappa shape index (κ1) is 13.9. The molecule has 0 radical (unpaired) electrons. The maximum Gasteiger partial charge on any atom is 0.0897 e. The molecule has 16 heavy (non-hydrogen) atoms. The minimum absolute atomic E-state index is 0.324. The molecule has 1 aliphatic carbocycles. The van der Waals surface area contributed by atoms with Gasteiger partial charge in [0.1, 0.15) is 0 Å². The molecule has 2 N–H and O–H groups in total. The van der Waals surface area contributed by atoms with Gasteiger partial charge in [0.15, 0.2) is 0 Å². The van der Waals surface area contributed by atoms with Crippen molar-refractivity contribution in [3.8, 4) is 0 Å². The molecule has 1 aliphatic rings. The Kier molecular flexibility index (Phi) is 5.22. The third-order valence-electron chi connectivity index (χ3n) is 3.31. The van der Waals surface area contributed by atoms with E-state index in [9.17, 15) is 5.11 Å². The van der Waals surface area contributed by atoms with Gasteiger partial charge in [-0.2, -0.15) is 0 Å². The second kappa shape index (κ2) is 5.99. The monoisotopic (exact) mass is 229 g/mol. The van der Waals surface area contributed by atoms with E-state index >= 15 is 0 Å². The van der Waals surface area contributed by atoms with Crippen LogP contribution in [0.25, 0.3) is 0 Å². The van der Waals surface area contributed by atoms with E-state index < -0.39 is 0 Å². The van der Waals surface area contributed by atoms with E-state index in [0.29, 0.717) is 24.7 Å². The summed E-state index contributed by atoms with van der Waals surface area (Å²) in [4.78, 5) is 0. The van der Waals surface area contributed by atoms with Crippen LogP contribution in [0.5, 0.6) is 0 Å². The van der Waals surface area contributed by atoms with Crippen LogP contribution in [0.4, 0.5) is 0 Å². The van der Waals surface area contributed by atoms with Crippen molar-refractivity contribution in [1.29, 1.82) is 0 Å². The average Bonchev–Trinajstić information content (AvgIpc) is 2.12. The Labute approximate surface area is 99.6 Å². The van der Waals surface area contributed by atoms with Gasteiger partial charge in [0.2, 0.25) is 0 Å². The van der Waals surface area contributed by atoms with Crippen LogP contribution in [0.3, 0.4) is 0 Å². The summed E-state index contributed by atoms with van der Waals surface area (Å²) in [6.45, 7) is 7.97. The maximum atomic E-state index is 9.59. The van der Waals surface area contributed by atoms with E-state index in [1.165, 1.54) is 6.42 Å². The van der Waals surface area contributed by atoms with Gasteiger partial charge in [0, 0.05) is 6.54 Å². The van der Waals surface area contributed by atoms with Crippen molar-refractivity contribution in [3.63, 3.8) is 0 Å².